The number of fused-ring (bicyclic) bond motifs is 2. The van der Waals surface area contributed by atoms with Crippen LogP contribution in [0.3, 0.4) is 0 Å². The fourth-order valence-corrected chi connectivity index (χ4v) is 3.66. The Morgan fingerprint density at radius 3 is 2.61 bits per heavy atom. The van der Waals surface area contributed by atoms with Crippen LogP contribution in [0.4, 0.5) is 11.4 Å². The highest BCUT2D eigenvalue weighted by Gasteiger charge is 2.35. The van der Waals surface area contributed by atoms with E-state index in [9.17, 15) is 4.79 Å². The van der Waals surface area contributed by atoms with Crippen LogP contribution in [-0.2, 0) is 4.79 Å². The van der Waals surface area contributed by atoms with Crippen molar-refractivity contribution >= 4 is 33.9 Å². The number of carbonyl (C=O) groups is 1. The molecular formula is C24H17N3O. The van der Waals surface area contributed by atoms with Crippen LogP contribution < -0.4 is 5.32 Å². The van der Waals surface area contributed by atoms with Crippen LogP contribution in [0.15, 0.2) is 96.1 Å². The monoisotopic (exact) mass is 363 g/mol. The summed E-state index contributed by atoms with van der Waals surface area (Å²) in [6.07, 6.45) is 1.78. The molecule has 1 atom stereocenters. The Balaban J connectivity index is 1.69. The van der Waals surface area contributed by atoms with E-state index in [1.165, 1.54) is 0 Å². The lowest BCUT2D eigenvalue weighted by molar-refractivity contribution is -0.115. The third-order valence-corrected chi connectivity index (χ3v) is 4.97. The summed E-state index contributed by atoms with van der Waals surface area (Å²) in [7, 11) is 0. The first-order chi connectivity index (χ1) is 13.8. The number of hydrogen-bond donors (Lipinski definition) is 1. The van der Waals surface area contributed by atoms with Gasteiger partial charge in [0.15, 0.2) is 0 Å². The number of para-hydroxylation sites is 1. The molecule has 1 aliphatic heterocycles. The molecule has 2 heterocycles. The third-order valence-electron chi connectivity index (χ3n) is 4.97. The second-order valence-electron chi connectivity index (χ2n) is 6.75. The molecule has 1 aromatic heterocycles. The highest BCUT2D eigenvalue weighted by atomic mass is 16.2. The zero-order valence-corrected chi connectivity index (χ0v) is 15.0. The van der Waals surface area contributed by atoms with Crippen LogP contribution in [0.25, 0.3) is 10.9 Å². The molecule has 4 aromatic rings. The van der Waals surface area contributed by atoms with Crippen molar-refractivity contribution in [3.63, 3.8) is 0 Å². The maximum Gasteiger partial charge on any atom is 0.238 e. The predicted molar refractivity (Wildman–Crippen MR) is 112 cm³/mol. The summed E-state index contributed by atoms with van der Waals surface area (Å²) in [5, 5.41) is 4.00. The van der Waals surface area contributed by atoms with E-state index < -0.39 is 5.92 Å². The number of aromatic nitrogens is 1. The lowest BCUT2D eigenvalue weighted by Crippen LogP contribution is -2.21. The molecule has 0 bridgehead atoms. The minimum absolute atomic E-state index is 0.0498. The quantitative estimate of drug-likeness (QED) is 0.515. The van der Waals surface area contributed by atoms with Gasteiger partial charge in [-0.05, 0) is 41.5 Å². The van der Waals surface area contributed by atoms with Crippen LogP contribution in [0.5, 0.6) is 0 Å². The fraction of sp³-hybridized carbons (Fsp3) is 0.0417. The molecule has 0 aliphatic carbocycles. The van der Waals surface area contributed by atoms with Gasteiger partial charge in [0.25, 0.3) is 0 Å². The van der Waals surface area contributed by atoms with Gasteiger partial charge in [-0.15, -0.1) is 0 Å². The van der Waals surface area contributed by atoms with E-state index in [-0.39, 0.29) is 5.91 Å². The lowest BCUT2D eigenvalue weighted by atomic mass is 9.90. The number of pyridine rings is 1. The Kier molecular flexibility index (Phi) is 3.95. The van der Waals surface area contributed by atoms with Crippen molar-refractivity contribution in [2.45, 2.75) is 5.92 Å². The predicted octanol–water partition coefficient (Wildman–Crippen LogP) is 5.09. The lowest BCUT2D eigenvalue weighted by Gasteiger charge is -2.14. The fourth-order valence-electron chi connectivity index (χ4n) is 3.66. The molecule has 0 saturated heterocycles. The molecule has 28 heavy (non-hydrogen) atoms. The Hall–Kier alpha value is -3.79. The van der Waals surface area contributed by atoms with Gasteiger partial charge < -0.3 is 5.32 Å². The van der Waals surface area contributed by atoms with Gasteiger partial charge >= 0.3 is 0 Å². The van der Waals surface area contributed by atoms with Crippen molar-refractivity contribution in [2.24, 2.45) is 4.99 Å². The van der Waals surface area contributed by atoms with E-state index in [2.05, 4.69) is 10.3 Å². The van der Waals surface area contributed by atoms with Gasteiger partial charge in [-0.1, -0.05) is 54.6 Å². The van der Waals surface area contributed by atoms with Crippen molar-refractivity contribution in [3.8, 4) is 0 Å². The van der Waals surface area contributed by atoms with Crippen LogP contribution in [0.1, 0.15) is 17.0 Å². The minimum Gasteiger partial charge on any atom is -0.325 e. The Morgan fingerprint density at radius 1 is 0.893 bits per heavy atom. The molecule has 1 aliphatic rings. The zero-order valence-electron chi connectivity index (χ0n) is 15.0. The van der Waals surface area contributed by atoms with E-state index >= 15 is 0 Å². The normalized spacial score (nSPS) is 16.1. The SMILES string of the molecule is O=C1Nc2ccccc2C1C(=Nc1ccc2ncccc2c1)c1ccccc1. The third kappa shape index (κ3) is 2.85. The van der Waals surface area contributed by atoms with Crippen molar-refractivity contribution in [2.75, 3.05) is 5.32 Å². The molecule has 1 N–H and O–H groups in total. The molecule has 4 nitrogen and oxygen atoms in total. The largest absolute Gasteiger partial charge is 0.325 e. The summed E-state index contributed by atoms with van der Waals surface area (Å²) in [6, 6.07) is 27.5. The Morgan fingerprint density at radius 2 is 1.71 bits per heavy atom. The summed E-state index contributed by atoms with van der Waals surface area (Å²) >= 11 is 0. The van der Waals surface area contributed by atoms with E-state index in [0.717, 1.165) is 39.1 Å². The van der Waals surface area contributed by atoms with Gasteiger partial charge in [0.1, 0.15) is 5.92 Å². The van der Waals surface area contributed by atoms with Crippen molar-refractivity contribution < 1.29 is 4.79 Å². The maximum absolute atomic E-state index is 12.8. The summed E-state index contributed by atoms with van der Waals surface area (Å²) in [5.41, 5.74) is 5.21. The van der Waals surface area contributed by atoms with Crippen LogP contribution in [0, 0.1) is 0 Å². The molecule has 0 fully saturated rings. The van der Waals surface area contributed by atoms with Crippen molar-refractivity contribution in [3.05, 3.63) is 102 Å². The summed E-state index contributed by atoms with van der Waals surface area (Å²) in [5.74, 6) is -0.491. The number of nitrogens with one attached hydrogen (secondary N) is 1. The first kappa shape index (κ1) is 16.4. The molecular weight excluding hydrogens is 346 g/mol. The number of rotatable bonds is 3. The summed E-state index contributed by atoms with van der Waals surface area (Å²) in [6.45, 7) is 0. The summed E-state index contributed by atoms with van der Waals surface area (Å²) in [4.78, 5) is 22.2. The molecule has 0 radical (unpaired) electrons. The summed E-state index contributed by atoms with van der Waals surface area (Å²) < 4.78 is 0. The van der Waals surface area contributed by atoms with Gasteiger partial charge in [-0.25, -0.2) is 0 Å². The van der Waals surface area contributed by atoms with Crippen LogP contribution >= 0.6 is 0 Å². The Labute approximate surface area is 162 Å². The number of hydrogen-bond acceptors (Lipinski definition) is 3. The number of benzene rings is 3. The standard InChI is InChI=1S/C24H17N3O/c28-24-22(19-10-4-5-11-21(19)27-24)23(16-7-2-1-3-8-16)26-18-12-13-20-17(15-18)9-6-14-25-20/h1-15,22H,(H,27,28). The highest BCUT2D eigenvalue weighted by Crippen LogP contribution is 2.36. The topological polar surface area (TPSA) is 54.4 Å². The molecule has 4 heteroatoms. The molecule has 1 unspecified atom stereocenters. The van der Waals surface area contributed by atoms with Crippen LogP contribution in [-0.4, -0.2) is 16.6 Å². The smallest absolute Gasteiger partial charge is 0.238 e. The molecule has 0 spiro atoms. The van der Waals surface area contributed by atoms with Gasteiger partial charge in [0, 0.05) is 17.3 Å². The minimum atomic E-state index is -0.441. The maximum atomic E-state index is 12.8. The molecule has 1 amide bonds. The van der Waals surface area contributed by atoms with Crippen molar-refractivity contribution in [1.29, 1.82) is 0 Å². The van der Waals surface area contributed by atoms with E-state index in [0.29, 0.717) is 0 Å². The van der Waals surface area contributed by atoms with E-state index in [1.54, 1.807) is 6.20 Å². The molecule has 134 valence electrons. The van der Waals surface area contributed by atoms with Gasteiger partial charge in [0.2, 0.25) is 5.91 Å². The average molecular weight is 363 g/mol. The number of carbonyl (C=O) groups excluding carboxylic acids is 1. The molecule has 3 aromatic carbocycles. The number of nitrogens with zero attached hydrogens (tertiary/aromatic N) is 2. The van der Waals surface area contributed by atoms with Gasteiger partial charge in [-0.3, -0.25) is 14.8 Å². The second-order valence-corrected chi connectivity index (χ2v) is 6.75. The van der Waals surface area contributed by atoms with E-state index in [1.807, 2.05) is 84.9 Å². The number of amides is 1. The zero-order chi connectivity index (χ0) is 18.9. The van der Waals surface area contributed by atoms with Gasteiger partial charge in [-0.2, -0.15) is 0 Å². The Bertz CT molecular complexity index is 1210. The number of anilines is 1. The molecule has 5 rings (SSSR count). The second kappa shape index (κ2) is 6.74. The van der Waals surface area contributed by atoms with Gasteiger partial charge in [0.05, 0.1) is 16.9 Å². The molecule has 0 saturated carbocycles. The highest BCUT2D eigenvalue weighted by molar-refractivity contribution is 6.24. The number of aliphatic imine (C=N–C) groups is 1. The van der Waals surface area contributed by atoms with E-state index in [4.69, 9.17) is 4.99 Å². The first-order valence-corrected chi connectivity index (χ1v) is 9.18. The van der Waals surface area contributed by atoms with Crippen LogP contribution in [0.2, 0.25) is 0 Å². The van der Waals surface area contributed by atoms with Crippen molar-refractivity contribution in [1.82, 2.24) is 4.98 Å². The first-order valence-electron chi connectivity index (χ1n) is 9.18. The average Bonchev–Trinajstić information content (AvgIpc) is 3.08.